The molecule has 2 atom stereocenters. The van der Waals surface area contributed by atoms with Gasteiger partial charge in [0, 0.05) is 73.9 Å². The Kier molecular flexibility index (Phi) is 10.2. The number of carbonyl (C=O) groups excluding carboxylic acids is 2. The van der Waals surface area contributed by atoms with Crippen molar-refractivity contribution in [3.05, 3.63) is 77.9 Å². The van der Waals surface area contributed by atoms with Crippen LogP contribution < -0.4 is 10.1 Å². The summed E-state index contributed by atoms with van der Waals surface area (Å²) in [6, 6.07) is 16.4. The van der Waals surface area contributed by atoms with Gasteiger partial charge in [-0.15, -0.1) is 0 Å². The lowest BCUT2D eigenvalue weighted by Gasteiger charge is -2.44. The highest BCUT2D eigenvalue weighted by atomic mass is 19.1. The Labute approximate surface area is 271 Å². The molecular weight excluding hydrogens is 585 g/mol. The number of hydrogen-bond acceptors (Lipinski definition) is 7. The molecule has 9 nitrogen and oxygen atoms in total. The molecule has 2 aliphatic heterocycles. The highest BCUT2D eigenvalue weighted by Crippen LogP contribution is 2.34. The fraction of sp³-hybridized carbons (Fsp3) is 0.472. The summed E-state index contributed by atoms with van der Waals surface area (Å²) >= 11 is 0. The van der Waals surface area contributed by atoms with Crippen LogP contribution >= 0.6 is 0 Å². The van der Waals surface area contributed by atoms with Gasteiger partial charge in [0.25, 0.3) is 5.91 Å². The molecule has 0 bridgehead atoms. The van der Waals surface area contributed by atoms with Gasteiger partial charge in [-0.05, 0) is 89.4 Å². The molecule has 2 saturated heterocycles. The van der Waals surface area contributed by atoms with Gasteiger partial charge >= 0.3 is 6.09 Å². The van der Waals surface area contributed by atoms with Crippen LogP contribution in [-0.2, 0) is 11.3 Å². The van der Waals surface area contributed by atoms with Crippen molar-refractivity contribution in [1.82, 2.24) is 19.7 Å². The molecule has 1 aromatic heterocycles. The molecule has 10 heteroatoms. The number of nitrogens with zero attached hydrogens (tertiary/aromatic N) is 4. The zero-order chi connectivity index (χ0) is 33.0. The van der Waals surface area contributed by atoms with Crippen molar-refractivity contribution < 1.29 is 23.5 Å². The fourth-order valence-electron chi connectivity index (χ4n) is 6.50. The van der Waals surface area contributed by atoms with Crippen molar-refractivity contribution in [3.8, 4) is 16.9 Å². The maximum atomic E-state index is 13.8. The van der Waals surface area contributed by atoms with Crippen molar-refractivity contribution in [2.24, 2.45) is 0 Å². The summed E-state index contributed by atoms with van der Waals surface area (Å²) in [4.78, 5) is 37.2. The van der Waals surface area contributed by atoms with Crippen molar-refractivity contribution in [1.29, 1.82) is 0 Å². The van der Waals surface area contributed by atoms with E-state index in [2.05, 4.69) is 35.1 Å². The van der Waals surface area contributed by atoms with Crippen molar-refractivity contribution in [2.45, 2.75) is 77.7 Å². The van der Waals surface area contributed by atoms with Gasteiger partial charge in [-0.1, -0.05) is 18.2 Å². The van der Waals surface area contributed by atoms with Crippen LogP contribution in [0.3, 0.4) is 0 Å². The lowest BCUT2D eigenvalue weighted by molar-refractivity contribution is -0.0162. The number of methoxy groups -OCH3 is 1. The summed E-state index contributed by atoms with van der Waals surface area (Å²) in [6.45, 7) is 13.1. The Morgan fingerprint density at radius 3 is 2.28 bits per heavy atom. The Balaban J connectivity index is 1.25. The number of benzene rings is 2. The second-order valence-corrected chi connectivity index (χ2v) is 13.4. The molecule has 0 aliphatic carbocycles. The van der Waals surface area contributed by atoms with E-state index in [-0.39, 0.29) is 35.9 Å². The van der Waals surface area contributed by atoms with E-state index in [4.69, 9.17) is 9.47 Å². The first-order valence-electron chi connectivity index (χ1n) is 16.1. The topological polar surface area (TPSA) is 87.2 Å². The molecule has 3 aromatic rings. The van der Waals surface area contributed by atoms with Crippen molar-refractivity contribution in [3.63, 3.8) is 0 Å². The number of aromatic nitrogens is 1. The zero-order valence-corrected chi connectivity index (χ0v) is 27.8. The molecule has 2 aromatic carbocycles. The summed E-state index contributed by atoms with van der Waals surface area (Å²) in [7, 11) is 1.64. The second-order valence-electron chi connectivity index (χ2n) is 13.4. The van der Waals surface area contributed by atoms with E-state index in [1.807, 2.05) is 54.8 Å². The van der Waals surface area contributed by atoms with Crippen LogP contribution in [0.5, 0.6) is 5.75 Å². The smallest absolute Gasteiger partial charge is 0.410 e. The number of ether oxygens (including phenoxy) is 2. The number of amides is 2. The largest absolute Gasteiger partial charge is 0.496 e. The van der Waals surface area contributed by atoms with E-state index in [1.54, 1.807) is 25.4 Å². The summed E-state index contributed by atoms with van der Waals surface area (Å²) in [5, 5.41) is 3.45. The van der Waals surface area contributed by atoms with Crippen LogP contribution in [0.25, 0.3) is 11.1 Å². The average Bonchev–Trinajstić information content (AvgIpc) is 3.01. The highest BCUT2D eigenvalue weighted by molar-refractivity contribution is 5.99. The van der Waals surface area contributed by atoms with E-state index in [0.29, 0.717) is 31.1 Å². The third kappa shape index (κ3) is 7.96. The molecule has 2 amide bonds. The molecule has 0 saturated carbocycles. The van der Waals surface area contributed by atoms with E-state index in [0.717, 1.165) is 48.3 Å². The summed E-state index contributed by atoms with van der Waals surface area (Å²) in [5.41, 5.74) is 3.37. The van der Waals surface area contributed by atoms with E-state index in [9.17, 15) is 14.0 Å². The van der Waals surface area contributed by atoms with Gasteiger partial charge in [0.15, 0.2) is 0 Å². The van der Waals surface area contributed by atoms with Gasteiger partial charge in [-0.2, -0.15) is 0 Å². The Hall–Kier alpha value is -4.18. The quantitative estimate of drug-likeness (QED) is 0.321. The molecular formula is C36H46FN5O4. The Bertz CT molecular complexity index is 1510. The number of hydrogen-bond donors (Lipinski definition) is 1. The van der Waals surface area contributed by atoms with E-state index < -0.39 is 5.60 Å². The summed E-state index contributed by atoms with van der Waals surface area (Å²) < 4.78 is 24.8. The van der Waals surface area contributed by atoms with E-state index >= 15 is 0 Å². The predicted octanol–water partition coefficient (Wildman–Crippen LogP) is 6.44. The Morgan fingerprint density at radius 1 is 0.978 bits per heavy atom. The van der Waals surface area contributed by atoms with Crippen LogP contribution in [0.1, 0.15) is 63.5 Å². The van der Waals surface area contributed by atoms with E-state index in [1.165, 1.54) is 12.1 Å². The number of carbonyl (C=O) groups is 2. The van der Waals surface area contributed by atoms with Crippen LogP contribution in [-0.4, -0.2) is 88.7 Å². The standard InChI is InChI=1S/C36H46FN5O4/c1-24-21-40(22-25(2)42(24)35(44)46-36(3,4)5)23-26-9-14-30(32(20-26)45-6)31-8-7-17-38-33(31)34(43)41-18-15-29(16-19-41)39-28-12-10-27(37)11-13-28/h7-14,17,20,24-25,29,39H,15-16,18-19,21-23H2,1-6H3/t24-,25+. The number of likely N-dealkylation sites (tertiary alicyclic amines) is 1. The number of nitrogens with one attached hydrogen (secondary N) is 1. The number of piperazine rings is 1. The van der Waals surface area contributed by atoms with Crippen molar-refractivity contribution >= 4 is 17.7 Å². The molecule has 2 fully saturated rings. The van der Waals surface area contributed by atoms with Crippen LogP contribution in [0, 0.1) is 5.82 Å². The van der Waals surface area contributed by atoms with Gasteiger partial charge in [-0.3, -0.25) is 14.7 Å². The van der Waals surface area contributed by atoms with Gasteiger partial charge < -0.3 is 24.6 Å². The summed E-state index contributed by atoms with van der Waals surface area (Å²) in [6.07, 6.45) is 2.95. The van der Waals surface area contributed by atoms with Gasteiger partial charge in [-0.25, -0.2) is 9.18 Å². The first-order valence-corrected chi connectivity index (χ1v) is 16.1. The SMILES string of the molecule is COc1cc(CN2C[C@@H](C)N(C(=O)OC(C)(C)C)[C@@H](C)C2)ccc1-c1cccnc1C(=O)N1CCC(Nc2ccc(F)cc2)CC1. The molecule has 2 aliphatic rings. The van der Waals surface area contributed by atoms with Crippen LogP contribution in [0.15, 0.2) is 60.8 Å². The fourth-order valence-corrected chi connectivity index (χ4v) is 6.50. The molecule has 1 N–H and O–H groups in total. The minimum absolute atomic E-state index is 0.00694. The lowest BCUT2D eigenvalue weighted by Crippen LogP contribution is -2.59. The maximum Gasteiger partial charge on any atom is 0.410 e. The van der Waals surface area contributed by atoms with Gasteiger partial charge in [0.05, 0.1) is 7.11 Å². The first kappa shape index (κ1) is 33.2. The third-order valence-corrected chi connectivity index (χ3v) is 8.57. The molecule has 0 radical (unpaired) electrons. The number of pyridine rings is 1. The van der Waals surface area contributed by atoms with Crippen molar-refractivity contribution in [2.75, 3.05) is 38.6 Å². The second kappa shape index (κ2) is 14.1. The molecule has 246 valence electrons. The number of halogens is 1. The predicted molar refractivity (Wildman–Crippen MR) is 177 cm³/mol. The first-order chi connectivity index (χ1) is 21.9. The molecule has 46 heavy (non-hydrogen) atoms. The molecule has 3 heterocycles. The Morgan fingerprint density at radius 2 is 1.65 bits per heavy atom. The normalized spacial score (nSPS) is 19.5. The average molecular weight is 632 g/mol. The monoisotopic (exact) mass is 631 g/mol. The molecule has 5 rings (SSSR count). The van der Waals surface area contributed by atoms with Gasteiger partial charge in [0.1, 0.15) is 22.9 Å². The minimum atomic E-state index is -0.536. The zero-order valence-electron chi connectivity index (χ0n) is 27.8. The van der Waals surface area contributed by atoms with Crippen LogP contribution in [0.4, 0.5) is 14.9 Å². The van der Waals surface area contributed by atoms with Gasteiger partial charge in [0.2, 0.25) is 0 Å². The minimum Gasteiger partial charge on any atom is -0.496 e. The highest BCUT2D eigenvalue weighted by Gasteiger charge is 2.35. The lowest BCUT2D eigenvalue weighted by atomic mass is 9.98. The third-order valence-electron chi connectivity index (χ3n) is 8.57. The molecule has 0 unspecified atom stereocenters. The molecule has 0 spiro atoms. The summed E-state index contributed by atoms with van der Waals surface area (Å²) in [5.74, 6) is 0.311. The number of piperidine rings is 1. The number of rotatable bonds is 7. The maximum absolute atomic E-state index is 13.8. The van der Waals surface area contributed by atoms with Crippen LogP contribution in [0.2, 0.25) is 0 Å². The number of anilines is 1.